The van der Waals surface area contributed by atoms with Crippen molar-refractivity contribution in [3.8, 4) is 0 Å². The van der Waals surface area contributed by atoms with Crippen LogP contribution in [0.25, 0.3) is 0 Å². The minimum atomic E-state index is 0. The summed E-state index contributed by atoms with van der Waals surface area (Å²) in [5.41, 5.74) is 2.36. The molecule has 0 spiro atoms. The fraction of sp³-hybridized carbons (Fsp3) is 0.632. The maximum Gasteiger partial charge on any atom is 0.191 e. The smallest absolute Gasteiger partial charge is 0.191 e. The van der Waals surface area contributed by atoms with Crippen molar-refractivity contribution in [1.82, 2.24) is 10.6 Å². The Labute approximate surface area is 168 Å². The minimum Gasteiger partial charge on any atom is -0.392 e. The molecule has 1 aliphatic rings. The predicted octanol–water partition coefficient (Wildman–Crippen LogP) is 3.06. The highest BCUT2D eigenvalue weighted by molar-refractivity contribution is 14.0. The van der Waals surface area contributed by atoms with Gasteiger partial charge in [-0.25, -0.2) is 4.99 Å². The number of halogens is 1. The number of guanidine groups is 1. The Morgan fingerprint density at radius 3 is 2.52 bits per heavy atom. The fourth-order valence-electron chi connectivity index (χ4n) is 3.15. The van der Waals surface area contributed by atoms with Crippen LogP contribution < -0.4 is 10.6 Å². The molecule has 3 N–H and O–H groups in total. The lowest BCUT2D eigenvalue weighted by Crippen LogP contribution is -2.47. The molecule has 2 rings (SSSR count). The van der Waals surface area contributed by atoms with Crippen LogP contribution >= 0.6 is 24.0 Å². The summed E-state index contributed by atoms with van der Waals surface area (Å²) in [5, 5.41) is 16.2. The number of ether oxygens (including phenoxy) is 1. The molecule has 25 heavy (non-hydrogen) atoms. The Morgan fingerprint density at radius 1 is 1.24 bits per heavy atom. The molecule has 0 saturated heterocycles. The van der Waals surface area contributed by atoms with Gasteiger partial charge >= 0.3 is 0 Å². The number of hydrogen-bond acceptors (Lipinski definition) is 3. The Morgan fingerprint density at radius 2 is 1.96 bits per heavy atom. The predicted molar refractivity (Wildman–Crippen MR) is 113 cm³/mol. The zero-order valence-electron chi connectivity index (χ0n) is 15.4. The first kappa shape index (κ1) is 22.2. The highest BCUT2D eigenvalue weighted by atomic mass is 127. The summed E-state index contributed by atoms with van der Waals surface area (Å²) in [7, 11) is 1.77. The molecule has 6 heteroatoms. The molecule has 1 aliphatic carbocycles. The van der Waals surface area contributed by atoms with Crippen molar-refractivity contribution in [1.29, 1.82) is 0 Å². The normalized spacial score (nSPS) is 15.9. The molecule has 0 radical (unpaired) electrons. The van der Waals surface area contributed by atoms with Crippen molar-refractivity contribution in [2.75, 3.05) is 26.8 Å². The van der Waals surface area contributed by atoms with E-state index in [1.807, 2.05) is 24.3 Å². The third-order valence-electron chi connectivity index (χ3n) is 4.92. The molecule has 1 aromatic carbocycles. The molecule has 5 nitrogen and oxygen atoms in total. The number of nitrogens with one attached hydrogen (secondary N) is 2. The summed E-state index contributed by atoms with van der Waals surface area (Å²) in [6, 6.07) is 7.89. The van der Waals surface area contributed by atoms with E-state index in [1.54, 1.807) is 7.11 Å². The number of aliphatic imine (C=N–C) groups is 1. The van der Waals surface area contributed by atoms with Crippen LogP contribution in [0.1, 0.15) is 43.7 Å². The highest BCUT2D eigenvalue weighted by Gasteiger charge is 2.36. The van der Waals surface area contributed by atoms with Gasteiger partial charge in [0.2, 0.25) is 0 Å². The van der Waals surface area contributed by atoms with Gasteiger partial charge in [0.25, 0.3) is 0 Å². The van der Waals surface area contributed by atoms with Crippen molar-refractivity contribution in [3.63, 3.8) is 0 Å². The molecule has 0 heterocycles. The van der Waals surface area contributed by atoms with E-state index in [9.17, 15) is 5.11 Å². The van der Waals surface area contributed by atoms with Crippen LogP contribution in [0.5, 0.6) is 0 Å². The lowest BCUT2D eigenvalue weighted by molar-refractivity contribution is 0.0732. The molecule has 1 saturated carbocycles. The number of aliphatic hydroxyl groups excluding tert-OH is 1. The summed E-state index contributed by atoms with van der Waals surface area (Å²) in [6.07, 6.45) is 4.93. The summed E-state index contributed by atoms with van der Waals surface area (Å²) >= 11 is 0. The van der Waals surface area contributed by atoms with Gasteiger partial charge in [-0.1, -0.05) is 30.7 Å². The van der Waals surface area contributed by atoms with E-state index in [-0.39, 0.29) is 30.6 Å². The van der Waals surface area contributed by atoms with Crippen LogP contribution in [0.15, 0.2) is 29.3 Å². The number of aliphatic hydroxyl groups is 1. The topological polar surface area (TPSA) is 65.9 Å². The van der Waals surface area contributed by atoms with Crippen LogP contribution in [0.3, 0.4) is 0 Å². The second-order valence-electron chi connectivity index (χ2n) is 6.57. The average molecular weight is 461 g/mol. The number of rotatable bonds is 9. The SMILES string of the molecule is CCNC(=NCc1ccccc1CO)NCC1(CCOC)CCC1.I. The number of hydrogen-bond donors (Lipinski definition) is 3. The van der Waals surface area contributed by atoms with Gasteiger partial charge in [-0.05, 0) is 42.7 Å². The minimum absolute atomic E-state index is 0. The molecule has 1 aromatic rings. The Hall–Kier alpha value is -0.860. The number of methoxy groups -OCH3 is 1. The van der Waals surface area contributed by atoms with Crippen molar-refractivity contribution >= 4 is 29.9 Å². The number of benzene rings is 1. The van der Waals surface area contributed by atoms with E-state index >= 15 is 0 Å². The van der Waals surface area contributed by atoms with Gasteiger partial charge < -0.3 is 20.5 Å². The van der Waals surface area contributed by atoms with E-state index in [4.69, 9.17) is 4.74 Å². The third-order valence-corrected chi connectivity index (χ3v) is 4.92. The fourth-order valence-corrected chi connectivity index (χ4v) is 3.15. The quantitative estimate of drug-likeness (QED) is 0.301. The summed E-state index contributed by atoms with van der Waals surface area (Å²) in [6.45, 7) is 5.28. The Bertz CT molecular complexity index is 533. The van der Waals surface area contributed by atoms with Gasteiger partial charge in [-0.2, -0.15) is 0 Å². The molecule has 0 amide bonds. The lowest BCUT2D eigenvalue weighted by atomic mass is 9.67. The molecule has 0 bridgehead atoms. The van der Waals surface area contributed by atoms with E-state index in [1.165, 1.54) is 19.3 Å². The zero-order chi connectivity index (χ0) is 17.3. The summed E-state index contributed by atoms with van der Waals surface area (Å²) in [4.78, 5) is 4.69. The van der Waals surface area contributed by atoms with E-state index in [2.05, 4.69) is 22.5 Å². The Balaban J connectivity index is 0.00000312. The largest absolute Gasteiger partial charge is 0.392 e. The highest BCUT2D eigenvalue weighted by Crippen LogP contribution is 2.43. The summed E-state index contributed by atoms with van der Waals surface area (Å²) < 4.78 is 5.26. The van der Waals surface area contributed by atoms with E-state index in [0.29, 0.717) is 12.0 Å². The molecule has 142 valence electrons. The van der Waals surface area contributed by atoms with Crippen molar-refractivity contribution in [3.05, 3.63) is 35.4 Å². The van der Waals surface area contributed by atoms with E-state index < -0.39 is 0 Å². The van der Waals surface area contributed by atoms with Gasteiger partial charge in [0, 0.05) is 26.8 Å². The molecule has 0 atom stereocenters. The maximum absolute atomic E-state index is 9.43. The van der Waals surface area contributed by atoms with Crippen LogP contribution in [0, 0.1) is 5.41 Å². The van der Waals surface area contributed by atoms with Gasteiger partial charge in [0.05, 0.1) is 13.2 Å². The van der Waals surface area contributed by atoms with Gasteiger partial charge in [-0.15, -0.1) is 24.0 Å². The Kier molecular flexibility index (Phi) is 10.4. The molecule has 1 fully saturated rings. The standard InChI is InChI=1S/C19H31N3O2.HI/c1-3-20-18(21-13-16-7-4-5-8-17(16)14-23)22-15-19(9-6-10-19)11-12-24-2;/h4-5,7-8,23H,3,6,9-15H2,1-2H3,(H2,20,21,22);1H. The van der Waals surface area contributed by atoms with E-state index in [0.717, 1.165) is 43.2 Å². The van der Waals surface area contributed by atoms with Crippen LogP contribution in [0.2, 0.25) is 0 Å². The molecular formula is C19H32IN3O2. The molecule has 0 aromatic heterocycles. The average Bonchev–Trinajstić information content (AvgIpc) is 2.58. The molecule has 0 aliphatic heterocycles. The lowest BCUT2D eigenvalue weighted by Gasteiger charge is -2.42. The van der Waals surface area contributed by atoms with Crippen molar-refractivity contribution in [2.24, 2.45) is 10.4 Å². The monoisotopic (exact) mass is 461 g/mol. The summed E-state index contributed by atoms with van der Waals surface area (Å²) in [5.74, 6) is 0.842. The number of nitrogens with zero attached hydrogens (tertiary/aromatic N) is 1. The van der Waals surface area contributed by atoms with Crippen molar-refractivity contribution in [2.45, 2.75) is 45.8 Å². The maximum atomic E-state index is 9.43. The molecular weight excluding hydrogens is 429 g/mol. The first-order chi connectivity index (χ1) is 11.7. The van der Waals surface area contributed by atoms with Crippen LogP contribution in [-0.2, 0) is 17.9 Å². The van der Waals surface area contributed by atoms with Crippen LogP contribution in [-0.4, -0.2) is 37.9 Å². The molecule has 0 unspecified atom stereocenters. The third kappa shape index (κ3) is 6.75. The van der Waals surface area contributed by atoms with Gasteiger partial charge in [-0.3, -0.25) is 0 Å². The van der Waals surface area contributed by atoms with Crippen LogP contribution in [0.4, 0.5) is 0 Å². The van der Waals surface area contributed by atoms with Gasteiger partial charge in [0.1, 0.15) is 0 Å². The first-order valence-corrected chi connectivity index (χ1v) is 8.92. The second kappa shape index (κ2) is 11.7. The second-order valence-corrected chi connectivity index (χ2v) is 6.57. The zero-order valence-corrected chi connectivity index (χ0v) is 17.7. The van der Waals surface area contributed by atoms with Crippen molar-refractivity contribution < 1.29 is 9.84 Å². The first-order valence-electron chi connectivity index (χ1n) is 8.92. The van der Waals surface area contributed by atoms with Gasteiger partial charge in [0.15, 0.2) is 5.96 Å².